The summed E-state index contributed by atoms with van der Waals surface area (Å²) in [6.07, 6.45) is 3.27. The van der Waals surface area contributed by atoms with Gasteiger partial charge in [0.15, 0.2) is 0 Å². The molecule has 5 rings (SSSR count). The predicted molar refractivity (Wildman–Crippen MR) is 129 cm³/mol. The molecule has 4 aromatic rings. The average molecular weight is 464 g/mol. The van der Waals surface area contributed by atoms with Crippen LogP contribution in [-0.4, -0.2) is 33.6 Å². The average Bonchev–Trinajstić information content (AvgIpc) is 3.58. The lowest BCUT2D eigenvalue weighted by molar-refractivity contribution is 0.580. The number of benzene rings is 2. The molecule has 4 N–H and O–H groups in total. The summed E-state index contributed by atoms with van der Waals surface area (Å²) in [6, 6.07) is 13.5. The van der Waals surface area contributed by atoms with Gasteiger partial charge in [-0.25, -0.2) is 23.1 Å². The van der Waals surface area contributed by atoms with Crippen molar-refractivity contribution in [1.29, 1.82) is 0 Å². The SMILES string of the molecule is Cc1nc2ccc(Nc3ncc(C)c(Nc4ccc(CNS(=O)(=O)C5CC5)cc4)n3)cc2[nH]1. The fourth-order valence-corrected chi connectivity index (χ4v) is 4.86. The number of hydrogen-bond acceptors (Lipinski definition) is 7. The first-order valence-corrected chi connectivity index (χ1v) is 12.3. The Morgan fingerprint density at radius 3 is 2.52 bits per heavy atom. The zero-order valence-corrected chi connectivity index (χ0v) is 19.2. The topological polar surface area (TPSA) is 125 Å². The van der Waals surface area contributed by atoms with E-state index in [-0.39, 0.29) is 5.25 Å². The molecule has 0 radical (unpaired) electrons. The summed E-state index contributed by atoms with van der Waals surface area (Å²) in [5.41, 5.74) is 5.37. The van der Waals surface area contributed by atoms with Crippen LogP contribution in [0.2, 0.25) is 0 Å². The van der Waals surface area contributed by atoms with E-state index in [1.165, 1.54) is 0 Å². The van der Waals surface area contributed by atoms with Crippen molar-refractivity contribution in [3.63, 3.8) is 0 Å². The van der Waals surface area contributed by atoms with E-state index in [0.29, 0.717) is 18.3 Å². The summed E-state index contributed by atoms with van der Waals surface area (Å²) < 4.78 is 26.7. The van der Waals surface area contributed by atoms with E-state index in [1.807, 2.05) is 56.3 Å². The lowest BCUT2D eigenvalue weighted by Crippen LogP contribution is -2.26. The number of nitrogens with zero attached hydrogens (tertiary/aromatic N) is 3. The zero-order chi connectivity index (χ0) is 23.0. The third-order valence-corrected chi connectivity index (χ3v) is 7.38. The Morgan fingerprint density at radius 2 is 1.76 bits per heavy atom. The van der Waals surface area contributed by atoms with Gasteiger partial charge in [0.25, 0.3) is 0 Å². The van der Waals surface area contributed by atoms with Gasteiger partial charge in [-0.3, -0.25) is 0 Å². The Balaban J connectivity index is 1.26. The maximum absolute atomic E-state index is 12.0. The van der Waals surface area contributed by atoms with Gasteiger partial charge < -0.3 is 15.6 Å². The minimum absolute atomic E-state index is 0.215. The third-order valence-electron chi connectivity index (χ3n) is 5.49. The molecule has 0 bridgehead atoms. The molecular formula is C23H25N7O2S. The highest BCUT2D eigenvalue weighted by Crippen LogP contribution is 2.28. The van der Waals surface area contributed by atoms with Crippen LogP contribution in [0.4, 0.5) is 23.1 Å². The zero-order valence-electron chi connectivity index (χ0n) is 18.4. The van der Waals surface area contributed by atoms with E-state index in [4.69, 9.17) is 0 Å². The summed E-state index contributed by atoms with van der Waals surface area (Å²) in [6.45, 7) is 4.15. The largest absolute Gasteiger partial charge is 0.342 e. The van der Waals surface area contributed by atoms with Crippen LogP contribution in [0.1, 0.15) is 29.8 Å². The van der Waals surface area contributed by atoms with Gasteiger partial charge in [-0.15, -0.1) is 0 Å². The molecule has 2 aromatic carbocycles. The molecule has 0 saturated heterocycles. The minimum atomic E-state index is -3.19. The molecular weight excluding hydrogens is 438 g/mol. The Hall–Kier alpha value is -3.50. The smallest absolute Gasteiger partial charge is 0.229 e. The van der Waals surface area contributed by atoms with Crippen molar-refractivity contribution in [1.82, 2.24) is 24.7 Å². The number of anilines is 4. The maximum atomic E-state index is 12.0. The third kappa shape index (κ3) is 4.96. The molecule has 1 fully saturated rings. The van der Waals surface area contributed by atoms with Crippen LogP contribution in [0.5, 0.6) is 0 Å². The summed E-state index contributed by atoms with van der Waals surface area (Å²) in [7, 11) is -3.19. The fraction of sp³-hybridized carbons (Fsp3) is 0.261. The summed E-state index contributed by atoms with van der Waals surface area (Å²) in [5.74, 6) is 2.03. The Bertz CT molecular complexity index is 1410. The number of fused-ring (bicyclic) bond motifs is 1. The Morgan fingerprint density at radius 1 is 1.00 bits per heavy atom. The predicted octanol–water partition coefficient (Wildman–Crippen LogP) is 4.04. The van der Waals surface area contributed by atoms with Crippen LogP contribution >= 0.6 is 0 Å². The molecule has 2 heterocycles. The highest BCUT2D eigenvalue weighted by Gasteiger charge is 2.35. The standard InChI is InChI=1S/C23H25N7O2S/c1-14-12-24-23(29-18-7-10-20-21(11-18)27-15(2)26-20)30-22(14)28-17-5-3-16(4-6-17)13-25-33(31,32)19-8-9-19/h3-7,10-12,19,25H,8-9,13H2,1-2H3,(H,26,27)(H2,24,28,29,30). The molecule has 1 saturated carbocycles. The number of sulfonamides is 1. The second-order valence-electron chi connectivity index (χ2n) is 8.29. The molecule has 0 spiro atoms. The van der Waals surface area contributed by atoms with Crippen molar-refractivity contribution in [2.75, 3.05) is 10.6 Å². The van der Waals surface area contributed by atoms with Gasteiger partial charge in [0.1, 0.15) is 11.6 Å². The number of H-pyrrole nitrogens is 1. The summed E-state index contributed by atoms with van der Waals surface area (Å²) >= 11 is 0. The normalized spacial score (nSPS) is 13.9. The van der Waals surface area contributed by atoms with E-state index in [1.54, 1.807) is 6.20 Å². The van der Waals surface area contributed by atoms with E-state index < -0.39 is 10.0 Å². The van der Waals surface area contributed by atoms with Gasteiger partial charge in [0.05, 0.1) is 16.3 Å². The van der Waals surface area contributed by atoms with Gasteiger partial charge in [-0.1, -0.05) is 12.1 Å². The molecule has 170 valence electrons. The second kappa shape index (κ2) is 8.45. The van der Waals surface area contributed by atoms with Crippen LogP contribution in [0.3, 0.4) is 0 Å². The Kier molecular flexibility index (Phi) is 5.47. The molecule has 0 unspecified atom stereocenters. The minimum Gasteiger partial charge on any atom is -0.342 e. The molecule has 1 aliphatic carbocycles. The van der Waals surface area contributed by atoms with Crippen molar-refractivity contribution in [3.8, 4) is 0 Å². The van der Waals surface area contributed by atoms with E-state index in [0.717, 1.165) is 52.2 Å². The van der Waals surface area contributed by atoms with Crippen molar-refractivity contribution >= 4 is 44.2 Å². The number of rotatable bonds is 8. The fourth-order valence-electron chi connectivity index (χ4n) is 3.50. The van der Waals surface area contributed by atoms with Crippen LogP contribution < -0.4 is 15.4 Å². The van der Waals surface area contributed by atoms with Crippen molar-refractivity contribution in [2.24, 2.45) is 0 Å². The summed E-state index contributed by atoms with van der Waals surface area (Å²) in [5, 5.41) is 6.34. The molecule has 1 aliphatic rings. The maximum Gasteiger partial charge on any atom is 0.229 e. The first-order chi connectivity index (χ1) is 15.9. The molecule has 0 aliphatic heterocycles. The second-order valence-corrected chi connectivity index (χ2v) is 10.3. The number of aryl methyl sites for hydroxylation is 2. The molecule has 10 heteroatoms. The number of aromatic nitrogens is 4. The van der Waals surface area contributed by atoms with Crippen molar-refractivity contribution in [2.45, 2.75) is 38.5 Å². The summed E-state index contributed by atoms with van der Waals surface area (Å²) in [4.78, 5) is 16.6. The van der Waals surface area contributed by atoms with Crippen LogP contribution in [-0.2, 0) is 16.6 Å². The number of nitrogens with one attached hydrogen (secondary N) is 4. The monoisotopic (exact) mass is 463 g/mol. The van der Waals surface area contributed by atoms with E-state index in [9.17, 15) is 8.42 Å². The van der Waals surface area contributed by atoms with Crippen molar-refractivity contribution < 1.29 is 8.42 Å². The van der Waals surface area contributed by atoms with Gasteiger partial charge in [0.2, 0.25) is 16.0 Å². The van der Waals surface area contributed by atoms with Gasteiger partial charge in [-0.2, -0.15) is 4.98 Å². The van der Waals surface area contributed by atoms with E-state index in [2.05, 4.69) is 35.3 Å². The van der Waals surface area contributed by atoms with Crippen LogP contribution in [0.15, 0.2) is 48.7 Å². The van der Waals surface area contributed by atoms with Gasteiger partial charge >= 0.3 is 0 Å². The molecule has 0 amide bonds. The highest BCUT2D eigenvalue weighted by atomic mass is 32.2. The van der Waals surface area contributed by atoms with Crippen LogP contribution in [0, 0.1) is 13.8 Å². The lowest BCUT2D eigenvalue weighted by atomic mass is 10.2. The van der Waals surface area contributed by atoms with E-state index >= 15 is 0 Å². The number of aromatic amines is 1. The van der Waals surface area contributed by atoms with Crippen molar-refractivity contribution in [3.05, 3.63) is 65.6 Å². The lowest BCUT2D eigenvalue weighted by Gasteiger charge is -2.12. The first kappa shape index (κ1) is 21.4. The number of imidazole rings is 1. The molecule has 2 aromatic heterocycles. The molecule has 0 atom stereocenters. The number of hydrogen-bond donors (Lipinski definition) is 4. The van der Waals surface area contributed by atoms with Gasteiger partial charge in [-0.05, 0) is 62.6 Å². The highest BCUT2D eigenvalue weighted by molar-refractivity contribution is 7.90. The molecule has 33 heavy (non-hydrogen) atoms. The first-order valence-electron chi connectivity index (χ1n) is 10.8. The Labute approximate surface area is 192 Å². The van der Waals surface area contributed by atoms with Crippen LogP contribution in [0.25, 0.3) is 11.0 Å². The quantitative estimate of drug-likeness (QED) is 0.311. The van der Waals surface area contributed by atoms with Gasteiger partial charge in [0, 0.05) is 29.7 Å². The molecule has 9 nitrogen and oxygen atoms in total.